The Morgan fingerprint density at radius 1 is 1.27 bits per heavy atom. The molecule has 0 bridgehead atoms. The van der Waals surface area contributed by atoms with Crippen LogP contribution in [0.15, 0.2) is 24.3 Å². The molecule has 0 saturated carbocycles. The van der Waals surface area contributed by atoms with Crippen molar-refractivity contribution in [1.82, 2.24) is 10.2 Å². The quantitative estimate of drug-likeness (QED) is 0.615. The van der Waals surface area contributed by atoms with Gasteiger partial charge in [0.25, 0.3) is 5.91 Å². The highest BCUT2D eigenvalue weighted by molar-refractivity contribution is 6.06. The van der Waals surface area contributed by atoms with Crippen molar-refractivity contribution in [1.29, 1.82) is 0 Å². The number of nitrogens with zero attached hydrogens (tertiary/aromatic N) is 1. The summed E-state index contributed by atoms with van der Waals surface area (Å²) < 4.78 is 10.7. The molecule has 120 valence electrons. The highest BCUT2D eigenvalue weighted by Crippen LogP contribution is 2.19. The molecule has 3 amide bonds. The van der Waals surface area contributed by atoms with Crippen LogP contribution >= 0.6 is 0 Å². The highest BCUT2D eigenvalue weighted by atomic mass is 16.5. The second-order valence-corrected chi connectivity index (χ2v) is 5.62. The third kappa shape index (κ3) is 3.39. The van der Waals surface area contributed by atoms with Crippen LogP contribution in [0, 0.1) is 6.92 Å². The van der Waals surface area contributed by atoms with Crippen LogP contribution in [-0.2, 0) is 9.53 Å². The van der Waals surface area contributed by atoms with E-state index in [1.54, 1.807) is 6.92 Å². The van der Waals surface area contributed by atoms with Crippen LogP contribution in [0.3, 0.4) is 0 Å². The number of hydrogen-bond acceptors (Lipinski definition) is 4. The Bertz CT molecular complexity index is 561. The lowest BCUT2D eigenvalue weighted by molar-refractivity contribution is -0.132. The summed E-state index contributed by atoms with van der Waals surface area (Å²) in [6, 6.07) is 7.37. The monoisotopic (exact) mass is 306 g/mol. The largest absolute Gasteiger partial charge is 0.493 e. The first-order valence-electron chi connectivity index (χ1n) is 7.29. The number of rotatable bonds is 7. The van der Waals surface area contributed by atoms with Gasteiger partial charge >= 0.3 is 6.03 Å². The Kier molecular flexibility index (Phi) is 5.03. The number of carbonyl (C=O) groups excluding carboxylic acids is 2. The first-order valence-corrected chi connectivity index (χ1v) is 7.29. The van der Waals surface area contributed by atoms with Crippen LogP contribution in [-0.4, -0.2) is 49.2 Å². The maximum atomic E-state index is 12.3. The number of carbonyl (C=O) groups is 2. The molecule has 1 atom stereocenters. The molecule has 1 aliphatic rings. The van der Waals surface area contributed by atoms with Gasteiger partial charge in [-0.3, -0.25) is 9.69 Å². The van der Waals surface area contributed by atoms with Crippen LogP contribution in [0.5, 0.6) is 5.75 Å². The smallest absolute Gasteiger partial charge is 0.325 e. The topological polar surface area (TPSA) is 67.9 Å². The molecule has 1 fully saturated rings. The Morgan fingerprint density at radius 2 is 2.00 bits per heavy atom. The Morgan fingerprint density at radius 3 is 2.68 bits per heavy atom. The van der Waals surface area contributed by atoms with Crippen LogP contribution in [0.4, 0.5) is 4.79 Å². The zero-order valence-electron chi connectivity index (χ0n) is 13.2. The SMILES string of the molecule is COC[C@]1(C)NC(=O)N(CCCOc2ccccc2C)C1=O. The van der Waals surface area contributed by atoms with E-state index in [1.807, 2.05) is 31.2 Å². The molecule has 1 aromatic rings. The lowest BCUT2D eigenvalue weighted by Crippen LogP contribution is -2.48. The number of methoxy groups -OCH3 is 1. The average Bonchev–Trinajstić information content (AvgIpc) is 2.68. The molecule has 22 heavy (non-hydrogen) atoms. The lowest BCUT2D eigenvalue weighted by atomic mass is 10.0. The predicted molar refractivity (Wildman–Crippen MR) is 81.8 cm³/mol. The highest BCUT2D eigenvalue weighted by Gasteiger charge is 2.47. The van der Waals surface area contributed by atoms with E-state index in [4.69, 9.17) is 9.47 Å². The summed E-state index contributed by atoms with van der Waals surface area (Å²) in [7, 11) is 1.50. The molecule has 1 heterocycles. The van der Waals surface area contributed by atoms with Gasteiger partial charge in [-0.2, -0.15) is 0 Å². The van der Waals surface area contributed by atoms with Gasteiger partial charge in [-0.05, 0) is 31.9 Å². The van der Waals surface area contributed by atoms with Gasteiger partial charge in [-0.1, -0.05) is 18.2 Å². The minimum absolute atomic E-state index is 0.160. The van der Waals surface area contributed by atoms with Crippen molar-refractivity contribution in [3.05, 3.63) is 29.8 Å². The van der Waals surface area contributed by atoms with Gasteiger partial charge in [0.2, 0.25) is 0 Å². The van der Waals surface area contributed by atoms with E-state index in [0.717, 1.165) is 11.3 Å². The van der Waals surface area contributed by atoms with E-state index in [2.05, 4.69) is 5.32 Å². The first kappa shape index (κ1) is 16.3. The van der Waals surface area contributed by atoms with Gasteiger partial charge in [-0.15, -0.1) is 0 Å². The van der Waals surface area contributed by atoms with Crippen molar-refractivity contribution in [3.8, 4) is 5.75 Å². The molecular weight excluding hydrogens is 284 g/mol. The van der Waals surface area contributed by atoms with Gasteiger partial charge in [-0.25, -0.2) is 4.79 Å². The van der Waals surface area contributed by atoms with Gasteiger partial charge in [0.15, 0.2) is 0 Å². The van der Waals surface area contributed by atoms with Crippen molar-refractivity contribution >= 4 is 11.9 Å². The van der Waals surface area contributed by atoms with E-state index >= 15 is 0 Å². The molecular formula is C16H22N2O4. The van der Waals surface area contributed by atoms with Crippen molar-refractivity contribution in [2.24, 2.45) is 0 Å². The standard InChI is InChI=1S/C16H22N2O4/c1-12-7-4-5-8-13(12)22-10-6-9-18-14(19)16(2,11-21-3)17-15(18)20/h4-5,7-8H,6,9-11H2,1-3H3,(H,17,20)/t16-/m0/s1. The summed E-state index contributed by atoms with van der Waals surface area (Å²) in [4.78, 5) is 25.4. The van der Waals surface area contributed by atoms with Crippen molar-refractivity contribution in [3.63, 3.8) is 0 Å². The summed E-state index contributed by atoms with van der Waals surface area (Å²) in [6.45, 7) is 4.58. The summed E-state index contributed by atoms with van der Waals surface area (Å²) in [6.07, 6.45) is 0.580. The molecule has 1 saturated heterocycles. The second-order valence-electron chi connectivity index (χ2n) is 5.62. The fourth-order valence-corrected chi connectivity index (χ4v) is 2.46. The summed E-state index contributed by atoms with van der Waals surface area (Å²) in [5.74, 6) is 0.569. The van der Waals surface area contributed by atoms with Gasteiger partial charge in [0, 0.05) is 13.7 Å². The Hall–Kier alpha value is -2.08. The van der Waals surface area contributed by atoms with Crippen LogP contribution in [0.1, 0.15) is 18.9 Å². The zero-order chi connectivity index (χ0) is 16.2. The van der Waals surface area contributed by atoms with Gasteiger partial charge in [0.1, 0.15) is 11.3 Å². The number of ether oxygens (including phenoxy) is 2. The summed E-state index contributed by atoms with van der Waals surface area (Å²) >= 11 is 0. The van der Waals surface area contributed by atoms with Gasteiger partial charge < -0.3 is 14.8 Å². The minimum atomic E-state index is -0.970. The van der Waals surface area contributed by atoms with Crippen LogP contribution < -0.4 is 10.1 Å². The molecule has 0 unspecified atom stereocenters. The van der Waals surface area contributed by atoms with E-state index in [1.165, 1.54) is 12.0 Å². The molecule has 6 heteroatoms. The van der Waals surface area contributed by atoms with E-state index in [-0.39, 0.29) is 18.5 Å². The second kappa shape index (κ2) is 6.79. The van der Waals surface area contributed by atoms with Crippen LogP contribution in [0.2, 0.25) is 0 Å². The Balaban J connectivity index is 1.83. The molecule has 0 aliphatic carbocycles. The first-order chi connectivity index (χ1) is 10.5. The third-order valence-corrected chi connectivity index (χ3v) is 3.66. The van der Waals surface area contributed by atoms with Crippen molar-refractivity contribution in [2.45, 2.75) is 25.8 Å². The number of imide groups is 1. The summed E-state index contributed by atoms with van der Waals surface area (Å²) in [5.41, 5.74) is 0.0908. The lowest BCUT2D eigenvalue weighted by Gasteiger charge is -2.20. The predicted octanol–water partition coefficient (Wildman–Crippen LogP) is 1.72. The average molecular weight is 306 g/mol. The maximum Gasteiger partial charge on any atom is 0.325 e. The number of benzene rings is 1. The van der Waals surface area contributed by atoms with Crippen molar-refractivity contribution in [2.75, 3.05) is 26.9 Å². The number of urea groups is 1. The molecule has 1 N–H and O–H groups in total. The number of amides is 3. The molecule has 0 spiro atoms. The van der Waals surface area contributed by atoms with Crippen LogP contribution in [0.25, 0.3) is 0 Å². The number of hydrogen-bond donors (Lipinski definition) is 1. The fourth-order valence-electron chi connectivity index (χ4n) is 2.46. The minimum Gasteiger partial charge on any atom is -0.493 e. The maximum absolute atomic E-state index is 12.3. The zero-order valence-corrected chi connectivity index (χ0v) is 13.2. The molecule has 6 nitrogen and oxygen atoms in total. The molecule has 0 aromatic heterocycles. The molecule has 2 rings (SSSR count). The summed E-state index contributed by atoms with van der Waals surface area (Å²) in [5, 5.41) is 2.67. The van der Waals surface area contributed by atoms with E-state index in [0.29, 0.717) is 19.6 Å². The fraction of sp³-hybridized carbons (Fsp3) is 0.500. The number of aryl methyl sites for hydroxylation is 1. The molecule has 1 aliphatic heterocycles. The Labute approximate surface area is 130 Å². The normalized spacial score (nSPS) is 21.1. The molecule has 1 aromatic carbocycles. The number of nitrogens with one attached hydrogen (secondary N) is 1. The molecule has 0 radical (unpaired) electrons. The van der Waals surface area contributed by atoms with E-state index < -0.39 is 5.54 Å². The van der Waals surface area contributed by atoms with Gasteiger partial charge in [0.05, 0.1) is 13.2 Å². The van der Waals surface area contributed by atoms with Crippen molar-refractivity contribution < 1.29 is 19.1 Å². The third-order valence-electron chi connectivity index (χ3n) is 3.66. The number of para-hydroxylation sites is 1. The van der Waals surface area contributed by atoms with E-state index in [9.17, 15) is 9.59 Å².